The molecule has 0 unspecified atom stereocenters. The van der Waals surface area contributed by atoms with Crippen LogP contribution < -0.4 is 4.90 Å². The zero-order chi connectivity index (χ0) is 42.3. The topological polar surface area (TPSA) is 160 Å². The maximum absolute atomic E-state index is 16.1. The first-order valence-electron chi connectivity index (χ1n) is 20.7. The Kier molecular flexibility index (Phi) is 10.6. The second-order valence-electron chi connectivity index (χ2n) is 16.1. The van der Waals surface area contributed by atoms with Gasteiger partial charge in [0.1, 0.15) is 29.9 Å². The van der Waals surface area contributed by atoms with E-state index in [2.05, 4.69) is 0 Å². The van der Waals surface area contributed by atoms with Crippen LogP contribution in [0.2, 0.25) is 0 Å². The van der Waals surface area contributed by atoms with Gasteiger partial charge in [-0.15, -0.1) is 0 Å². The molecule has 3 amide bonds. The summed E-state index contributed by atoms with van der Waals surface area (Å²) in [6.45, 7) is 0.564. The summed E-state index contributed by atoms with van der Waals surface area (Å²) in [6, 6.07) is 34.7. The first-order valence-corrected chi connectivity index (χ1v) is 20.7. The van der Waals surface area contributed by atoms with Crippen molar-refractivity contribution in [1.82, 2.24) is 9.80 Å². The summed E-state index contributed by atoms with van der Waals surface area (Å²) in [5.74, 6) is -3.19. The van der Waals surface area contributed by atoms with Crippen LogP contribution >= 0.6 is 0 Å². The number of para-hydroxylation sites is 1. The van der Waals surface area contributed by atoms with Gasteiger partial charge in [0.05, 0.1) is 28.6 Å². The summed E-state index contributed by atoms with van der Waals surface area (Å²) in [7, 11) is 0. The monoisotopic (exact) mass is 820 g/mol. The van der Waals surface area contributed by atoms with E-state index in [1.165, 1.54) is 36.4 Å². The van der Waals surface area contributed by atoms with Gasteiger partial charge in [-0.25, -0.2) is 9.69 Å². The number of fused-ring (bicyclic) bond motifs is 3. The average Bonchev–Trinajstić information content (AvgIpc) is 3.73. The number of nitro benzene ring substituents is 1. The third kappa shape index (κ3) is 6.78. The van der Waals surface area contributed by atoms with E-state index < -0.39 is 58.5 Å². The summed E-state index contributed by atoms with van der Waals surface area (Å²) >= 11 is 0. The van der Waals surface area contributed by atoms with Crippen molar-refractivity contribution >= 4 is 35.3 Å². The number of non-ortho nitro benzene ring substituents is 1. The van der Waals surface area contributed by atoms with Crippen molar-refractivity contribution in [3.8, 4) is 5.75 Å². The Morgan fingerprint density at radius 3 is 2.00 bits per heavy atom. The first kappa shape index (κ1) is 39.6. The van der Waals surface area contributed by atoms with Crippen molar-refractivity contribution < 1.29 is 38.7 Å². The first-order chi connectivity index (χ1) is 29.7. The maximum Gasteiger partial charge on any atom is 0.421 e. The lowest BCUT2D eigenvalue weighted by atomic mass is 9.65. The van der Waals surface area contributed by atoms with E-state index in [0.29, 0.717) is 29.8 Å². The van der Waals surface area contributed by atoms with Gasteiger partial charge in [0.25, 0.3) is 5.69 Å². The van der Waals surface area contributed by atoms with Gasteiger partial charge in [-0.1, -0.05) is 110 Å². The number of cyclic esters (lactones) is 1. The zero-order valence-corrected chi connectivity index (χ0v) is 33.2. The molecule has 13 heteroatoms. The number of likely N-dealkylation sites (tertiary alicyclic amines) is 1. The number of carbonyl (C=O) groups excluding carboxylic acids is 4. The van der Waals surface area contributed by atoms with Gasteiger partial charge in [-0.3, -0.25) is 29.4 Å². The molecule has 1 N–H and O–H groups in total. The number of aromatic hydroxyl groups is 1. The highest BCUT2D eigenvalue weighted by molar-refractivity contribution is 6.23. The van der Waals surface area contributed by atoms with E-state index in [0.717, 1.165) is 48.1 Å². The minimum Gasteiger partial charge on any atom is -0.508 e. The quantitative estimate of drug-likeness (QED) is 0.0966. The van der Waals surface area contributed by atoms with E-state index >= 15 is 14.4 Å². The highest BCUT2D eigenvalue weighted by Crippen LogP contribution is 2.66. The lowest BCUT2D eigenvalue weighted by Crippen LogP contribution is -2.56. The number of rotatable bonds is 7. The fourth-order valence-corrected chi connectivity index (χ4v) is 10.1. The van der Waals surface area contributed by atoms with Crippen molar-refractivity contribution in [1.29, 1.82) is 0 Å². The zero-order valence-electron chi connectivity index (χ0n) is 33.2. The standard InChI is InChI=1S/C48H44N4O9/c53-36-26-22-34(23-27-36)43-48(37-18-10-11-19-38(37)50(46(48)56)47(57)60-30-31-20-24-35(25-21-31)52(58)59)39(44(54)49-28-12-2-1-3-13-29-49)41-45(55)61-42(33-16-8-5-9-17-33)40(51(41)43)32-14-6-4-7-15-32/h4-11,14-27,39-43,53H,1-3,12-13,28-30H2/t39-,40-,41-,42+,43+,48-/m0/s1. The van der Waals surface area contributed by atoms with Crippen LogP contribution in [0.4, 0.5) is 16.2 Å². The normalized spacial score (nSPS) is 25.0. The number of nitro groups is 1. The number of benzene rings is 5. The Hall–Kier alpha value is -6.86. The number of morpholine rings is 1. The highest BCUT2D eigenvalue weighted by atomic mass is 16.6. The van der Waals surface area contributed by atoms with Gasteiger partial charge in [-0.2, -0.15) is 0 Å². The number of hydrogen-bond acceptors (Lipinski definition) is 10. The number of nitrogens with zero attached hydrogens (tertiary/aromatic N) is 4. The molecule has 9 rings (SSSR count). The molecule has 61 heavy (non-hydrogen) atoms. The van der Waals surface area contributed by atoms with E-state index in [9.17, 15) is 20.0 Å². The molecular formula is C48H44N4O9. The third-order valence-corrected chi connectivity index (χ3v) is 12.7. The van der Waals surface area contributed by atoms with Crippen molar-refractivity contribution in [2.24, 2.45) is 5.92 Å². The van der Waals surface area contributed by atoms with E-state index in [4.69, 9.17) is 9.47 Å². The fourth-order valence-electron chi connectivity index (χ4n) is 10.1. The van der Waals surface area contributed by atoms with Crippen LogP contribution in [-0.2, 0) is 35.9 Å². The fraction of sp³-hybridized carbons (Fsp3) is 0.292. The number of imide groups is 1. The lowest BCUT2D eigenvalue weighted by Gasteiger charge is -2.46. The second kappa shape index (κ2) is 16.3. The van der Waals surface area contributed by atoms with Gasteiger partial charge in [0, 0.05) is 25.2 Å². The molecule has 0 aromatic heterocycles. The van der Waals surface area contributed by atoms with Crippen LogP contribution in [0, 0.1) is 16.0 Å². The predicted octanol–water partition coefficient (Wildman–Crippen LogP) is 8.10. The molecule has 13 nitrogen and oxygen atoms in total. The van der Waals surface area contributed by atoms with Crippen LogP contribution in [0.25, 0.3) is 0 Å². The molecule has 3 saturated heterocycles. The van der Waals surface area contributed by atoms with Gasteiger partial charge in [0.15, 0.2) is 0 Å². The molecule has 0 radical (unpaired) electrons. The molecule has 6 atom stereocenters. The molecule has 5 aromatic rings. The van der Waals surface area contributed by atoms with Gasteiger partial charge >= 0.3 is 12.1 Å². The number of esters is 1. The molecule has 310 valence electrons. The number of hydrogen-bond donors (Lipinski definition) is 1. The van der Waals surface area contributed by atoms with E-state index in [1.54, 1.807) is 41.3 Å². The molecule has 0 bridgehead atoms. The Labute approximate surface area is 352 Å². The summed E-state index contributed by atoms with van der Waals surface area (Å²) in [5.41, 5.74) is 1.05. The number of phenolic OH excluding ortho intramolecular Hbond substituents is 1. The third-order valence-electron chi connectivity index (χ3n) is 12.7. The minimum absolute atomic E-state index is 0.0185. The number of ether oxygens (including phenoxy) is 2. The summed E-state index contributed by atoms with van der Waals surface area (Å²) in [4.78, 5) is 77.1. The Morgan fingerprint density at radius 2 is 1.34 bits per heavy atom. The lowest BCUT2D eigenvalue weighted by molar-refractivity contribution is -0.384. The molecule has 0 aliphatic carbocycles. The molecule has 3 fully saturated rings. The number of amides is 3. The molecule has 5 aromatic carbocycles. The second-order valence-corrected chi connectivity index (χ2v) is 16.1. The predicted molar refractivity (Wildman–Crippen MR) is 223 cm³/mol. The Balaban J connectivity index is 1.26. The van der Waals surface area contributed by atoms with Gasteiger partial charge < -0.3 is 19.5 Å². The molecule has 4 aliphatic rings. The van der Waals surface area contributed by atoms with Crippen LogP contribution in [0.3, 0.4) is 0 Å². The molecule has 4 heterocycles. The number of anilines is 1. The number of phenols is 1. The van der Waals surface area contributed by atoms with Crippen LogP contribution in [0.5, 0.6) is 5.75 Å². The molecular weight excluding hydrogens is 777 g/mol. The molecule has 4 aliphatic heterocycles. The van der Waals surface area contributed by atoms with Crippen LogP contribution in [0.1, 0.15) is 78.1 Å². The maximum atomic E-state index is 16.1. The van der Waals surface area contributed by atoms with Crippen LogP contribution in [0.15, 0.2) is 133 Å². The van der Waals surface area contributed by atoms with Crippen LogP contribution in [-0.4, -0.2) is 62.8 Å². The molecule has 1 spiro atoms. The minimum atomic E-state index is -1.90. The van der Waals surface area contributed by atoms with Crippen molar-refractivity contribution in [2.75, 3.05) is 18.0 Å². The molecule has 0 saturated carbocycles. The van der Waals surface area contributed by atoms with Gasteiger partial charge in [-0.05, 0) is 71.0 Å². The number of carbonyl (C=O) groups is 4. The average molecular weight is 821 g/mol. The van der Waals surface area contributed by atoms with Gasteiger partial charge in [0.2, 0.25) is 11.8 Å². The SMILES string of the molecule is O=C1O[C@H](c2ccccc2)[C@H](c2ccccc2)N2[C@H]1[C@@H](C(=O)N1CCCCCCC1)[C@]1(C(=O)N(C(=O)OCc3ccc([N+](=O)[O-])cc3)c3ccccc31)[C@H]2c1ccc(O)cc1. The Bertz CT molecular complexity index is 2460. The Morgan fingerprint density at radius 1 is 0.738 bits per heavy atom. The van der Waals surface area contributed by atoms with Crippen molar-refractivity contribution in [3.05, 3.63) is 171 Å². The van der Waals surface area contributed by atoms with E-state index in [1.807, 2.05) is 65.6 Å². The summed E-state index contributed by atoms with van der Waals surface area (Å²) < 4.78 is 12.3. The van der Waals surface area contributed by atoms with Crippen molar-refractivity contribution in [2.45, 2.75) is 68.4 Å². The largest absolute Gasteiger partial charge is 0.508 e. The van der Waals surface area contributed by atoms with E-state index in [-0.39, 0.29) is 29.6 Å². The highest BCUT2D eigenvalue weighted by Gasteiger charge is 2.76. The summed E-state index contributed by atoms with van der Waals surface area (Å²) in [6.07, 6.45) is 2.53. The summed E-state index contributed by atoms with van der Waals surface area (Å²) in [5, 5.41) is 21.9. The van der Waals surface area contributed by atoms with Crippen molar-refractivity contribution in [3.63, 3.8) is 0 Å². The smallest absolute Gasteiger partial charge is 0.421 e.